The van der Waals surface area contributed by atoms with Gasteiger partial charge in [-0.15, -0.1) is 0 Å². The molecule has 3 unspecified atom stereocenters. The van der Waals surface area contributed by atoms with Crippen LogP contribution in [0, 0.1) is 0 Å². The highest BCUT2D eigenvalue weighted by atomic mass is 32.2. The van der Waals surface area contributed by atoms with Crippen LogP contribution in [0.2, 0.25) is 0 Å². The molecule has 0 spiro atoms. The van der Waals surface area contributed by atoms with E-state index in [-0.39, 0.29) is 5.91 Å². The number of carbonyl (C=O) groups is 1. The van der Waals surface area contributed by atoms with Gasteiger partial charge in [0.15, 0.2) is 0 Å². The highest BCUT2D eigenvalue weighted by Crippen LogP contribution is 2.41. The average Bonchev–Trinajstić information content (AvgIpc) is 2.62. The van der Waals surface area contributed by atoms with Gasteiger partial charge in [-0.2, -0.15) is 23.5 Å². The summed E-state index contributed by atoms with van der Waals surface area (Å²) in [5.74, 6) is 2.48. The molecular weight excluding hydrogens is 214 g/mol. The molecule has 4 heteroatoms. The minimum absolute atomic E-state index is 0.0215. The van der Waals surface area contributed by atoms with Crippen molar-refractivity contribution in [3.05, 3.63) is 12.7 Å². The summed E-state index contributed by atoms with van der Waals surface area (Å²) in [6, 6.07) is 0.378. The zero-order valence-corrected chi connectivity index (χ0v) is 9.70. The van der Waals surface area contributed by atoms with E-state index in [0.29, 0.717) is 11.3 Å². The number of hydrogen-bond acceptors (Lipinski definition) is 3. The van der Waals surface area contributed by atoms with Gasteiger partial charge in [0.05, 0.1) is 0 Å². The summed E-state index contributed by atoms with van der Waals surface area (Å²) in [7, 11) is 0. The van der Waals surface area contributed by atoms with E-state index in [1.807, 2.05) is 11.8 Å². The molecular formula is C10H15NOS2. The smallest absolute Gasteiger partial charge is 0.243 e. The van der Waals surface area contributed by atoms with Gasteiger partial charge in [-0.25, -0.2) is 0 Å². The minimum Gasteiger partial charge on any atom is -0.349 e. The molecule has 2 nitrogen and oxygen atoms in total. The second kappa shape index (κ2) is 4.62. The van der Waals surface area contributed by atoms with E-state index in [1.165, 1.54) is 24.0 Å². The number of carbonyl (C=O) groups excluding carboxylic acids is 1. The summed E-state index contributed by atoms with van der Waals surface area (Å²) in [6.07, 6.45) is 3.76. The largest absolute Gasteiger partial charge is 0.349 e. The Hall–Kier alpha value is -0.0900. The Labute approximate surface area is 93.3 Å². The highest BCUT2D eigenvalue weighted by molar-refractivity contribution is 8.07. The van der Waals surface area contributed by atoms with E-state index in [2.05, 4.69) is 23.7 Å². The van der Waals surface area contributed by atoms with Gasteiger partial charge in [-0.05, 0) is 18.9 Å². The third-order valence-corrected chi connectivity index (χ3v) is 6.07. The van der Waals surface area contributed by atoms with Gasteiger partial charge < -0.3 is 5.32 Å². The lowest BCUT2D eigenvalue weighted by Gasteiger charge is -2.28. The molecule has 2 rings (SSSR count). The fourth-order valence-corrected chi connectivity index (χ4v) is 5.40. The van der Waals surface area contributed by atoms with E-state index in [1.54, 1.807) is 0 Å². The summed E-state index contributed by atoms with van der Waals surface area (Å²) in [4.78, 5) is 11.2. The van der Waals surface area contributed by atoms with Crippen LogP contribution in [0.5, 0.6) is 0 Å². The van der Waals surface area contributed by atoms with Crippen LogP contribution < -0.4 is 5.32 Å². The van der Waals surface area contributed by atoms with Gasteiger partial charge in [-0.3, -0.25) is 4.79 Å². The highest BCUT2D eigenvalue weighted by Gasteiger charge is 2.38. The molecule has 14 heavy (non-hydrogen) atoms. The molecule has 0 aromatic carbocycles. The Morgan fingerprint density at radius 1 is 1.36 bits per heavy atom. The maximum atomic E-state index is 11.2. The maximum Gasteiger partial charge on any atom is 0.243 e. The molecule has 1 aliphatic carbocycles. The molecule has 0 bridgehead atoms. The Morgan fingerprint density at radius 3 is 2.93 bits per heavy atom. The molecule has 0 aromatic rings. The first-order valence-electron chi connectivity index (χ1n) is 4.97. The van der Waals surface area contributed by atoms with Crippen LogP contribution in [-0.2, 0) is 4.79 Å². The third kappa shape index (κ3) is 2.11. The molecule has 0 radical (unpaired) electrons. The fraction of sp³-hybridized carbons (Fsp3) is 0.700. The number of thioether (sulfide) groups is 2. The van der Waals surface area contributed by atoms with Crippen LogP contribution in [0.4, 0.5) is 0 Å². The first-order valence-corrected chi connectivity index (χ1v) is 7.07. The van der Waals surface area contributed by atoms with Crippen molar-refractivity contribution in [3.8, 4) is 0 Å². The zero-order valence-electron chi connectivity index (χ0n) is 8.07. The van der Waals surface area contributed by atoms with Crippen molar-refractivity contribution < 1.29 is 4.79 Å². The lowest BCUT2D eigenvalue weighted by molar-refractivity contribution is -0.117. The standard InChI is InChI=1S/C10H15NOS2/c1-2-9(12)11-7-3-4-8-10(7)14-6-5-13-8/h2,7-8,10H,1,3-6H2,(H,11,12). The summed E-state index contributed by atoms with van der Waals surface area (Å²) in [6.45, 7) is 3.48. The molecule has 1 heterocycles. The third-order valence-electron chi connectivity index (χ3n) is 2.76. The first kappa shape index (κ1) is 10.4. The number of hydrogen-bond donors (Lipinski definition) is 1. The second-order valence-corrected chi connectivity index (χ2v) is 6.27. The number of rotatable bonds is 2. The minimum atomic E-state index is -0.0215. The van der Waals surface area contributed by atoms with E-state index < -0.39 is 0 Å². The summed E-state index contributed by atoms with van der Waals surface area (Å²) in [5.41, 5.74) is 0. The van der Waals surface area contributed by atoms with Gasteiger partial charge in [-0.1, -0.05) is 6.58 Å². The zero-order chi connectivity index (χ0) is 9.97. The quantitative estimate of drug-likeness (QED) is 0.730. The van der Waals surface area contributed by atoms with E-state index in [4.69, 9.17) is 0 Å². The van der Waals surface area contributed by atoms with Gasteiger partial charge in [0.2, 0.25) is 5.91 Å². The van der Waals surface area contributed by atoms with Crippen molar-refractivity contribution in [1.29, 1.82) is 0 Å². The van der Waals surface area contributed by atoms with Crippen LogP contribution in [0.15, 0.2) is 12.7 Å². The van der Waals surface area contributed by atoms with Crippen molar-refractivity contribution in [2.75, 3.05) is 11.5 Å². The summed E-state index contributed by atoms with van der Waals surface area (Å²) < 4.78 is 0. The van der Waals surface area contributed by atoms with Crippen LogP contribution in [0.3, 0.4) is 0 Å². The molecule has 1 N–H and O–H groups in total. The van der Waals surface area contributed by atoms with Gasteiger partial charge >= 0.3 is 0 Å². The molecule has 78 valence electrons. The second-order valence-electron chi connectivity index (χ2n) is 3.64. The predicted molar refractivity (Wildman–Crippen MR) is 63.9 cm³/mol. The molecule has 2 fully saturated rings. The maximum absolute atomic E-state index is 11.2. The van der Waals surface area contributed by atoms with Crippen LogP contribution >= 0.6 is 23.5 Å². The van der Waals surface area contributed by atoms with Crippen LogP contribution in [0.25, 0.3) is 0 Å². The van der Waals surface area contributed by atoms with E-state index in [9.17, 15) is 4.79 Å². The van der Waals surface area contributed by atoms with Crippen molar-refractivity contribution in [1.82, 2.24) is 5.32 Å². The summed E-state index contributed by atoms with van der Waals surface area (Å²) >= 11 is 4.10. The molecule has 1 amide bonds. The van der Waals surface area contributed by atoms with Gasteiger partial charge in [0, 0.05) is 28.0 Å². The molecule has 2 aliphatic rings. The molecule has 1 saturated carbocycles. The van der Waals surface area contributed by atoms with Crippen molar-refractivity contribution in [3.63, 3.8) is 0 Å². The van der Waals surface area contributed by atoms with E-state index >= 15 is 0 Å². The monoisotopic (exact) mass is 229 g/mol. The molecule has 1 aliphatic heterocycles. The average molecular weight is 229 g/mol. The van der Waals surface area contributed by atoms with Crippen molar-refractivity contribution >= 4 is 29.4 Å². The van der Waals surface area contributed by atoms with Crippen LogP contribution in [-0.4, -0.2) is 34.0 Å². The SMILES string of the molecule is C=CC(=O)NC1CCC2SCCSC12. The van der Waals surface area contributed by atoms with E-state index in [0.717, 1.165) is 11.7 Å². The van der Waals surface area contributed by atoms with Crippen LogP contribution in [0.1, 0.15) is 12.8 Å². The van der Waals surface area contributed by atoms with Gasteiger partial charge in [0.1, 0.15) is 0 Å². The fourth-order valence-electron chi connectivity index (χ4n) is 2.11. The number of nitrogens with one attached hydrogen (secondary N) is 1. The Morgan fingerprint density at radius 2 is 2.14 bits per heavy atom. The first-order chi connectivity index (χ1) is 6.81. The number of amides is 1. The normalized spacial score (nSPS) is 36.1. The molecule has 1 saturated heterocycles. The molecule has 3 atom stereocenters. The predicted octanol–water partition coefficient (Wildman–Crippen LogP) is 1.67. The Kier molecular flexibility index (Phi) is 3.44. The van der Waals surface area contributed by atoms with Gasteiger partial charge in [0.25, 0.3) is 0 Å². The van der Waals surface area contributed by atoms with Crippen molar-refractivity contribution in [2.24, 2.45) is 0 Å². The summed E-state index contributed by atoms with van der Waals surface area (Å²) in [5, 5.41) is 4.44. The Bertz CT molecular complexity index is 244. The van der Waals surface area contributed by atoms with Crippen molar-refractivity contribution in [2.45, 2.75) is 29.4 Å². The molecule has 0 aromatic heterocycles. The number of fused-ring (bicyclic) bond motifs is 1. The topological polar surface area (TPSA) is 29.1 Å². The Balaban J connectivity index is 1.93. The lowest BCUT2D eigenvalue weighted by atomic mass is 10.2. The lowest BCUT2D eigenvalue weighted by Crippen LogP contribution is -2.41.